The molecule has 0 radical (unpaired) electrons. The molecule has 0 saturated carbocycles. The fraction of sp³-hybridized carbons (Fsp3) is 0.0476. The molecule has 0 unspecified atom stereocenters. The van der Waals surface area contributed by atoms with Crippen molar-refractivity contribution < 1.29 is 23.3 Å². The number of nitro groups is 1. The quantitative estimate of drug-likeness (QED) is 0.180. The molecule has 0 bridgehead atoms. The average molecular weight is 463 g/mol. The molecular formula is C21H13N5O6S. The van der Waals surface area contributed by atoms with E-state index < -0.39 is 10.8 Å². The summed E-state index contributed by atoms with van der Waals surface area (Å²) in [5.74, 6) is 0.469. The van der Waals surface area contributed by atoms with Crippen LogP contribution in [0.4, 0.5) is 10.8 Å². The van der Waals surface area contributed by atoms with Gasteiger partial charge in [-0.1, -0.05) is 11.3 Å². The molecule has 3 aromatic heterocycles. The van der Waals surface area contributed by atoms with Crippen LogP contribution < -0.4 is 10.1 Å². The van der Waals surface area contributed by atoms with Crippen molar-refractivity contribution in [3.8, 4) is 33.9 Å². The maximum absolute atomic E-state index is 12.5. The molecule has 0 spiro atoms. The van der Waals surface area contributed by atoms with Gasteiger partial charge in [-0.25, -0.2) is 0 Å². The topological polar surface area (TPSA) is 157 Å². The number of nitro benzene ring substituents is 1. The smallest absolute Gasteiger partial charge is 0.284 e. The fourth-order valence-electron chi connectivity index (χ4n) is 2.80. The Morgan fingerprint density at radius 2 is 2.12 bits per heavy atom. The van der Waals surface area contributed by atoms with Crippen LogP contribution in [0.15, 0.2) is 63.1 Å². The van der Waals surface area contributed by atoms with Crippen molar-refractivity contribution in [2.45, 2.75) is 0 Å². The van der Waals surface area contributed by atoms with Gasteiger partial charge < -0.3 is 13.6 Å². The van der Waals surface area contributed by atoms with Crippen LogP contribution in [0, 0.1) is 21.4 Å². The Balaban J connectivity index is 1.55. The lowest BCUT2D eigenvalue weighted by molar-refractivity contribution is -0.384. The summed E-state index contributed by atoms with van der Waals surface area (Å²) in [7, 11) is 1.41. The van der Waals surface area contributed by atoms with Crippen LogP contribution in [0.2, 0.25) is 0 Å². The van der Waals surface area contributed by atoms with E-state index in [0.717, 1.165) is 11.3 Å². The highest BCUT2D eigenvalue weighted by atomic mass is 32.1. The summed E-state index contributed by atoms with van der Waals surface area (Å²) in [5, 5.41) is 31.8. The maximum Gasteiger partial charge on any atom is 0.284 e. The second-order valence-corrected chi connectivity index (χ2v) is 7.33. The third-order valence-electron chi connectivity index (χ3n) is 4.32. The van der Waals surface area contributed by atoms with Gasteiger partial charge in [-0.2, -0.15) is 5.26 Å². The van der Waals surface area contributed by atoms with Gasteiger partial charge in [0.15, 0.2) is 10.8 Å². The first-order chi connectivity index (χ1) is 16.0. The lowest BCUT2D eigenvalue weighted by atomic mass is 10.1. The number of hydrogen-bond donors (Lipinski definition) is 1. The number of hydrogen-bond acceptors (Lipinski definition) is 10. The summed E-state index contributed by atoms with van der Waals surface area (Å²) in [6, 6.07) is 12.5. The lowest BCUT2D eigenvalue weighted by Crippen LogP contribution is -2.13. The van der Waals surface area contributed by atoms with Crippen LogP contribution in [-0.2, 0) is 4.79 Å². The summed E-state index contributed by atoms with van der Waals surface area (Å²) < 4.78 is 15.9. The van der Waals surface area contributed by atoms with E-state index in [4.69, 9.17) is 13.6 Å². The molecule has 1 aromatic carbocycles. The van der Waals surface area contributed by atoms with E-state index in [0.29, 0.717) is 16.5 Å². The number of carbonyl (C=O) groups excluding carboxylic acids is 1. The number of carbonyl (C=O) groups is 1. The monoisotopic (exact) mass is 463 g/mol. The van der Waals surface area contributed by atoms with E-state index in [1.54, 1.807) is 24.3 Å². The second kappa shape index (κ2) is 9.16. The number of nitrogens with zero attached hydrogens (tertiary/aromatic N) is 4. The number of amides is 1. The minimum Gasteiger partial charge on any atom is -0.497 e. The third-order valence-corrected chi connectivity index (χ3v) is 5.18. The molecule has 3 heterocycles. The minimum atomic E-state index is -0.715. The number of methoxy groups -OCH3 is 1. The Bertz CT molecular complexity index is 1400. The molecule has 164 valence electrons. The van der Waals surface area contributed by atoms with Crippen molar-refractivity contribution in [1.82, 2.24) is 10.2 Å². The SMILES string of the molecule is COc1ccc(-c2ccc(C=C(C#N)C(=O)Nc3nnc(-c4ccco4)s3)o2)c([N+](=O)[O-])c1. The molecule has 0 aliphatic rings. The molecule has 1 amide bonds. The number of aromatic nitrogens is 2. The molecule has 0 fully saturated rings. The minimum absolute atomic E-state index is 0.162. The Morgan fingerprint density at radius 1 is 1.27 bits per heavy atom. The van der Waals surface area contributed by atoms with Gasteiger partial charge in [-0.3, -0.25) is 20.2 Å². The Morgan fingerprint density at radius 3 is 2.82 bits per heavy atom. The first kappa shape index (κ1) is 21.5. The second-order valence-electron chi connectivity index (χ2n) is 6.36. The highest BCUT2D eigenvalue weighted by Gasteiger charge is 2.20. The summed E-state index contributed by atoms with van der Waals surface area (Å²) in [6.45, 7) is 0. The molecule has 0 saturated heterocycles. The highest BCUT2D eigenvalue weighted by Crippen LogP contribution is 2.34. The van der Waals surface area contributed by atoms with Crippen molar-refractivity contribution >= 4 is 34.1 Å². The van der Waals surface area contributed by atoms with Gasteiger partial charge >= 0.3 is 0 Å². The molecule has 11 nitrogen and oxygen atoms in total. The van der Waals surface area contributed by atoms with E-state index in [1.165, 1.54) is 43.7 Å². The van der Waals surface area contributed by atoms with Gasteiger partial charge in [0.1, 0.15) is 28.9 Å². The van der Waals surface area contributed by atoms with Gasteiger partial charge in [-0.15, -0.1) is 10.2 Å². The summed E-state index contributed by atoms with van der Waals surface area (Å²) in [6.07, 6.45) is 2.71. The van der Waals surface area contributed by atoms with Crippen molar-refractivity contribution in [3.63, 3.8) is 0 Å². The van der Waals surface area contributed by atoms with Crippen molar-refractivity contribution in [3.05, 3.63) is 70.2 Å². The zero-order valence-electron chi connectivity index (χ0n) is 16.8. The zero-order chi connectivity index (χ0) is 23.4. The predicted molar refractivity (Wildman–Crippen MR) is 117 cm³/mol. The number of rotatable bonds is 7. The first-order valence-electron chi connectivity index (χ1n) is 9.21. The van der Waals surface area contributed by atoms with E-state index in [2.05, 4.69) is 15.5 Å². The number of benzene rings is 1. The van der Waals surface area contributed by atoms with Crippen LogP contribution >= 0.6 is 11.3 Å². The Labute approximate surface area is 189 Å². The third kappa shape index (κ3) is 4.63. The van der Waals surface area contributed by atoms with E-state index in [-0.39, 0.29) is 33.5 Å². The summed E-state index contributed by atoms with van der Waals surface area (Å²) in [5.41, 5.74) is -0.237. The normalized spacial score (nSPS) is 11.1. The number of anilines is 1. The van der Waals surface area contributed by atoms with Gasteiger partial charge in [-0.05, 0) is 36.4 Å². The van der Waals surface area contributed by atoms with Crippen LogP contribution in [0.1, 0.15) is 5.76 Å². The molecule has 33 heavy (non-hydrogen) atoms. The number of nitriles is 1. The number of furan rings is 2. The largest absolute Gasteiger partial charge is 0.497 e. The summed E-state index contributed by atoms with van der Waals surface area (Å²) in [4.78, 5) is 23.4. The maximum atomic E-state index is 12.5. The van der Waals surface area contributed by atoms with Gasteiger partial charge in [0.05, 0.1) is 29.9 Å². The molecule has 0 atom stereocenters. The predicted octanol–water partition coefficient (Wildman–Crippen LogP) is 4.52. The van der Waals surface area contributed by atoms with Crippen LogP contribution in [0.25, 0.3) is 28.2 Å². The molecule has 4 rings (SSSR count). The van der Waals surface area contributed by atoms with Crippen LogP contribution in [-0.4, -0.2) is 28.1 Å². The van der Waals surface area contributed by atoms with E-state index >= 15 is 0 Å². The number of nitrogens with one attached hydrogen (secondary N) is 1. The highest BCUT2D eigenvalue weighted by molar-refractivity contribution is 7.18. The number of ether oxygens (including phenoxy) is 1. The molecule has 0 aliphatic heterocycles. The average Bonchev–Trinajstić information content (AvgIpc) is 3.58. The fourth-order valence-corrected chi connectivity index (χ4v) is 3.51. The molecule has 4 aromatic rings. The standard InChI is InChI=1S/C21H13N5O6S/c1-30-13-4-6-15(16(10-13)26(28)29)17-7-5-14(32-17)9-12(11-22)19(27)23-21-25-24-20(33-21)18-3-2-8-31-18/h2-10H,1H3,(H,23,25,27). The van der Waals surface area contributed by atoms with Crippen molar-refractivity contribution in [1.29, 1.82) is 5.26 Å². The molecule has 0 aliphatic carbocycles. The van der Waals surface area contributed by atoms with E-state index in [9.17, 15) is 20.2 Å². The molecule has 1 N–H and O–H groups in total. The molecule has 12 heteroatoms. The van der Waals surface area contributed by atoms with Crippen molar-refractivity contribution in [2.75, 3.05) is 12.4 Å². The van der Waals surface area contributed by atoms with Gasteiger partial charge in [0.2, 0.25) is 5.13 Å². The van der Waals surface area contributed by atoms with E-state index in [1.807, 2.05) is 0 Å². The van der Waals surface area contributed by atoms with Gasteiger partial charge in [0, 0.05) is 6.08 Å². The van der Waals surface area contributed by atoms with Crippen LogP contribution in [0.5, 0.6) is 5.75 Å². The molecular weight excluding hydrogens is 450 g/mol. The lowest BCUT2D eigenvalue weighted by Gasteiger charge is -2.03. The van der Waals surface area contributed by atoms with Gasteiger partial charge in [0.25, 0.3) is 11.6 Å². The Hall–Kier alpha value is -4.76. The Kier molecular flexibility index (Phi) is 5.96. The zero-order valence-corrected chi connectivity index (χ0v) is 17.7. The first-order valence-corrected chi connectivity index (χ1v) is 10.0. The van der Waals surface area contributed by atoms with Crippen LogP contribution in [0.3, 0.4) is 0 Å². The summed E-state index contributed by atoms with van der Waals surface area (Å²) >= 11 is 1.08. The van der Waals surface area contributed by atoms with Crippen molar-refractivity contribution in [2.24, 2.45) is 0 Å².